The smallest absolute Gasteiger partial charge is 0.377 e. The molecule has 3 rings (SSSR count). The van der Waals surface area contributed by atoms with Crippen LogP contribution in [0.3, 0.4) is 0 Å². The van der Waals surface area contributed by atoms with E-state index in [0.717, 1.165) is 11.3 Å². The topological polar surface area (TPSA) is 100 Å². The number of nitro groups is 1. The van der Waals surface area contributed by atoms with Crippen LogP contribution in [-0.2, 0) is 9.53 Å². The molecule has 0 fully saturated rings. The van der Waals surface area contributed by atoms with Crippen LogP contribution < -0.4 is 10.4 Å². The number of hydrazine groups is 1. The molecule has 1 aliphatic rings. The number of nitro benzene ring substituents is 1. The molecule has 0 spiro atoms. The molecule has 2 aromatic rings. The van der Waals surface area contributed by atoms with Crippen molar-refractivity contribution in [3.8, 4) is 0 Å². The minimum Gasteiger partial charge on any atom is -0.460 e. The third-order valence-electron chi connectivity index (χ3n) is 3.98. The van der Waals surface area contributed by atoms with Gasteiger partial charge in [-0.05, 0) is 36.8 Å². The lowest BCUT2D eigenvalue weighted by Crippen LogP contribution is -2.55. The van der Waals surface area contributed by atoms with Crippen molar-refractivity contribution in [3.63, 3.8) is 0 Å². The van der Waals surface area contributed by atoms with Gasteiger partial charge in [0.15, 0.2) is 0 Å². The highest BCUT2D eigenvalue weighted by molar-refractivity contribution is 6.35. The number of benzene rings is 2. The summed E-state index contributed by atoms with van der Waals surface area (Å²) in [5.41, 5.74) is 4.69. The van der Waals surface area contributed by atoms with E-state index in [4.69, 9.17) is 4.74 Å². The first-order valence-corrected chi connectivity index (χ1v) is 8.35. The summed E-state index contributed by atoms with van der Waals surface area (Å²) in [4.78, 5) is 22.7. The fourth-order valence-corrected chi connectivity index (χ4v) is 2.68. The number of hydrogen-bond acceptors (Lipinski definition) is 8. The standard InChI is InChI=1S/C18H19N5O4/c1-3-27-18(24)17-20-22(14-7-5-4-6-8-14)16(19-21(17)2)13-9-11-15(12-10-13)23(25)26/h4-12,16,19H,3H2,1-2H3. The molecule has 1 N–H and O–H groups in total. The number of likely N-dealkylation sites (N-methyl/N-ethyl adjacent to an activating group) is 1. The van der Waals surface area contributed by atoms with Gasteiger partial charge < -0.3 is 4.74 Å². The van der Waals surface area contributed by atoms with Gasteiger partial charge in [-0.3, -0.25) is 15.1 Å². The van der Waals surface area contributed by atoms with Crippen LogP contribution in [0.2, 0.25) is 0 Å². The number of rotatable bonds is 5. The molecule has 0 saturated carbocycles. The summed E-state index contributed by atoms with van der Waals surface area (Å²) in [5.74, 6) is -0.436. The van der Waals surface area contributed by atoms with E-state index in [1.807, 2.05) is 30.3 Å². The molecule has 1 unspecified atom stereocenters. The van der Waals surface area contributed by atoms with E-state index in [1.165, 1.54) is 17.1 Å². The molecule has 1 atom stereocenters. The van der Waals surface area contributed by atoms with Gasteiger partial charge in [-0.15, -0.1) is 5.10 Å². The van der Waals surface area contributed by atoms with Crippen LogP contribution >= 0.6 is 0 Å². The Kier molecular flexibility index (Phi) is 5.32. The van der Waals surface area contributed by atoms with Crippen LogP contribution in [0.1, 0.15) is 18.7 Å². The predicted octanol–water partition coefficient (Wildman–Crippen LogP) is 2.43. The number of hydrogen-bond donors (Lipinski definition) is 1. The van der Waals surface area contributed by atoms with Crippen LogP contribution in [0.25, 0.3) is 0 Å². The Morgan fingerprint density at radius 3 is 2.48 bits per heavy atom. The molecule has 0 saturated heterocycles. The number of nitrogens with zero attached hydrogens (tertiary/aromatic N) is 4. The lowest BCUT2D eigenvalue weighted by atomic mass is 10.1. The molecule has 2 aromatic carbocycles. The number of carbonyl (C=O) groups excluding carboxylic acids is 1. The molecule has 0 radical (unpaired) electrons. The van der Waals surface area contributed by atoms with Gasteiger partial charge in [-0.2, -0.15) is 0 Å². The maximum absolute atomic E-state index is 12.2. The Balaban J connectivity index is 2.01. The first kappa shape index (κ1) is 18.3. The summed E-state index contributed by atoms with van der Waals surface area (Å²) in [5, 5.41) is 18.5. The molecule has 140 valence electrons. The number of nitrogens with one attached hydrogen (secondary N) is 1. The average molecular weight is 369 g/mol. The SMILES string of the molecule is CCOC(=O)C1=NN(c2ccccc2)C(c2ccc([N+](=O)[O-])cc2)NN1C. The van der Waals surface area contributed by atoms with E-state index in [1.54, 1.807) is 31.1 Å². The Bertz CT molecular complexity index is 854. The second-order valence-corrected chi connectivity index (χ2v) is 5.76. The van der Waals surface area contributed by atoms with Gasteiger partial charge in [0.05, 0.1) is 17.2 Å². The molecule has 9 heteroatoms. The third kappa shape index (κ3) is 3.87. The Hall–Kier alpha value is -3.46. The predicted molar refractivity (Wildman–Crippen MR) is 99.7 cm³/mol. The van der Waals surface area contributed by atoms with E-state index in [9.17, 15) is 14.9 Å². The van der Waals surface area contributed by atoms with E-state index < -0.39 is 17.1 Å². The third-order valence-corrected chi connectivity index (χ3v) is 3.98. The summed E-state index contributed by atoms with van der Waals surface area (Å²) in [6.45, 7) is 1.96. The van der Waals surface area contributed by atoms with Crippen molar-refractivity contribution in [1.82, 2.24) is 10.4 Å². The summed E-state index contributed by atoms with van der Waals surface area (Å²) >= 11 is 0. The highest BCUT2D eigenvalue weighted by atomic mass is 16.6. The van der Waals surface area contributed by atoms with Crippen molar-refractivity contribution >= 4 is 23.2 Å². The molecule has 0 aliphatic carbocycles. The number of esters is 1. The normalized spacial score (nSPS) is 16.7. The molecule has 1 heterocycles. The molecule has 0 aromatic heterocycles. The average Bonchev–Trinajstić information content (AvgIpc) is 2.68. The van der Waals surface area contributed by atoms with Gasteiger partial charge in [0, 0.05) is 19.2 Å². The fourth-order valence-electron chi connectivity index (χ4n) is 2.68. The quantitative estimate of drug-likeness (QED) is 0.491. The van der Waals surface area contributed by atoms with Crippen molar-refractivity contribution in [1.29, 1.82) is 0 Å². The summed E-state index contributed by atoms with van der Waals surface area (Å²) in [6.07, 6.45) is -0.462. The molecule has 0 amide bonds. The maximum atomic E-state index is 12.2. The zero-order chi connectivity index (χ0) is 19.4. The lowest BCUT2D eigenvalue weighted by Gasteiger charge is -2.39. The summed E-state index contributed by atoms with van der Waals surface area (Å²) in [6, 6.07) is 15.5. The van der Waals surface area contributed by atoms with E-state index in [2.05, 4.69) is 10.5 Å². The van der Waals surface area contributed by atoms with Gasteiger partial charge in [0.1, 0.15) is 6.17 Å². The van der Waals surface area contributed by atoms with Gasteiger partial charge in [0.2, 0.25) is 5.84 Å². The number of hydrazone groups is 1. The van der Waals surface area contributed by atoms with Gasteiger partial charge in [0.25, 0.3) is 5.69 Å². The minimum absolute atomic E-state index is 0.00453. The van der Waals surface area contributed by atoms with Gasteiger partial charge in [-0.25, -0.2) is 15.2 Å². The van der Waals surface area contributed by atoms with Gasteiger partial charge >= 0.3 is 5.97 Å². The van der Waals surface area contributed by atoms with E-state index >= 15 is 0 Å². The van der Waals surface area contributed by atoms with Gasteiger partial charge in [-0.1, -0.05) is 18.2 Å². The van der Waals surface area contributed by atoms with Crippen LogP contribution in [0, 0.1) is 10.1 Å². The van der Waals surface area contributed by atoms with Crippen molar-refractivity contribution in [2.45, 2.75) is 13.1 Å². The molecular weight excluding hydrogens is 350 g/mol. The lowest BCUT2D eigenvalue weighted by molar-refractivity contribution is -0.384. The van der Waals surface area contributed by atoms with Crippen LogP contribution in [0.4, 0.5) is 11.4 Å². The number of anilines is 1. The highest BCUT2D eigenvalue weighted by Crippen LogP contribution is 2.29. The summed E-state index contributed by atoms with van der Waals surface area (Å²) < 4.78 is 5.07. The number of non-ortho nitro benzene ring substituents is 1. The van der Waals surface area contributed by atoms with Crippen molar-refractivity contribution in [2.24, 2.45) is 5.10 Å². The van der Waals surface area contributed by atoms with Crippen molar-refractivity contribution in [2.75, 3.05) is 18.7 Å². The second kappa shape index (κ2) is 7.83. The highest BCUT2D eigenvalue weighted by Gasteiger charge is 2.32. The molecular formula is C18H19N5O4. The van der Waals surface area contributed by atoms with Crippen LogP contribution in [-0.4, -0.2) is 35.4 Å². The van der Waals surface area contributed by atoms with Crippen LogP contribution in [0.15, 0.2) is 59.7 Å². The summed E-state index contributed by atoms with van der Waals surface area (Å²) in [7, 11) is 1.66. The van der Waals surface area contributed by atoms with Crippen molar-refractivity contribution < 1.29 is 14.5 Å². The monoisotopic (exact) mass is 369 g/mol. The zero-order valence-electron chi connectivity index (χ0n) is 14.9. The minimum atomic E-state index is -0.546. The van der Waals surface area contributed by atoms with Crippen molar-refractivity contribution in [3.05, 3.63) is 70.3 Å². The first-order chi connectivity index (χ1) is 13.0. The Morgan fingerprint density at radius 2 is 1.89 bits per heavy atom. The largest absolute Gasteiger partial charge is 0.460 e. The second-order valence-electron chi connectivity index (χ2n) is 5.76. The number of ether oxygens (including phenoxy) is 1. The number of amidine groups is 1. The fraction of sp³-hybridized carbons (Fsp3) is 0.222. The Labute approximate surface area is 156 Å². The Morgan fingerprint density at radius 1 is 1.22 bits per heavy atom. The van der Waals surface area contributed by atoms with E-state index in [0.29, 0.717) is 0 Å². The van der Waals surface area contributed by atoms with Crippen LogP contribution in [0.5, 0.6) is 0 Å². The molecule has 9 nitrogen and oxygen atoms in total. The molecule has 0 bridgehead atoms. The van der Waals surface area contributed by atoms with E-state index in [-0.39, 0.29) is 18.1 Å². The molecule has 1 aliphatic heterocycles. The zero-order valence-corrected chi connectivity index (χ0v) is 14.9. The number of carbonyl (C=O) groups is 1. The number of para-hydroxylation sites is 1. The first-order valence-electron chi connectivity index (χ1n) is 8.35. The molecule has 27 heavy (non-hydrogen) atoms. The maximum Gasteiger partial charge on any atom is 0.377 e.